The number of hydrogen-bond acceptors (Lipinski definition) is 4. The topological polar surface area (TPSA) is 32.8 Å². The second-order valence-electron chi connectivity index (χ2n) is 8.54. The van der Waals surface area contributed by atoms with E-state index in [1.165, 1.54) is 56.5 Å². The summed E-state index contributed by atoms with van der Waals surface area (Å²) in [6.07, 6.45) is 9.91. The summed E-state index contributed by atoms with van der Waals surface area (Å²) in [4.78, 5) is 20.1. The molecular weight excluding hydrogens is 356 g/mol. The predicted octanol–water partition coefficient (Wildman–Crippen LogP) is 4.26. The molecule has 1 aliphatic carbocycles. The second kappa shape index (κ2) is 9.53. The fourth-order valence-electron chi connectivity index (χ4n) is 4.86. The number of hydrogen-bond donors (Lipinski definition) is 0. The Morgan fingerprint density at radius 2 is 1.78 bits per heavy atom. The first-order valence-corrected chi connectivity index (χ1v) is 11.8. The van der Waals surface area contributed by atoms with E-state index in [-0.39, 0.29) is 0 Å². The number of thiophene rings is 1. The first kappa shape index (κ1) is 19.4. The molecule has 150 valence electrons. The van der Waals surface area contributed by atoms with E-state index in [2.05, 4.69) is 28.4 Å². The number of nitrogens with zero attached hydrogens (tertiary/aromatic N) is 2. The molecule has 4 rings (SSSR count). The highest BCUT2D eigenvalue weighted by molar-refractivity contribution is 7.12. The zero-order chi connectivity index (χ0) is 18.5. The third-order valence-corrected chi connectivity index (χ3v) is 7.89. The highest BCUT2D eigenvalue weighted by Gasteiger charge is 2.23. The monoisotopic (exact) mass is 390 g/mol. The summed E-state index contributed by atoms with van der Waals surface area (Å²) in [6.45, 7) is 6.46. The molecule has 5 heteroatoms. The second-order valence-corrected chi connectivity index (χ2v) is 9.74. The van der Waals surface area contributed by atoms with Crippen molar-refractivity contribution in [2.24, 2.45) is 5.92 Å². The van der Waals surface area contributed by atoms with Gasteiger partial charge >= 0.3 is 0 Å². The van der Waals surface area contributed by atoms with Gasteiger partial charge in [0, 0.05) is 35.8 Å². The third-order valence-electron chi connectivity index (χ3n) is 6.66. The summed E-state index contributed by atoms with van der Waals surface area (Å²) in [5, 5.41) is 0. The van der Waals surface area contributed by atoms with Crippen molar-refractivity contribution in [2.45, 2.75) is 63.8 Å². The normalized spacial score (nSPS) is 23.2. The molecule has 3 heterocycles. The first-order chi connectivity index (χ1) is 13.3. The number of carbonyl (C=O) groups excluding carboxylic acids is 1. The highest BCUT2D eigenvalue weighted by atomic mass is 32.1. The van der Waals surface area contributed by atoms with Crippen LogP contribution in [0.1, 0.15) is 67.0 Å². The average Bonchev–Trinajstić information content (AvgIpc) is 3.40. The molecule has 3 aliphatic rings. The van der Waals surface area contributed by atoms with Gasteiger partial charge in [-0.25, -0.2) is 0 Å². The maximum atomic E-state index is 12.3. The van der Waals surface area contributed by atoms with E-state index in [4.69, 9.17) is 4.74 Å². The Labute approximate surface area is 167 Å². The fourth-order valence-corrected chi connectivity index (χ4v) is 6.09. The number of likely N-dealkylation sites (tertiary alicyclic amines) is 1. The van der Waals surface area contributed by atoms with Crippen LogP contribution in [0, 0.1) is 5.92 Å². The lowest BCUT2D eigenvalue weighted by Gasteiger charge is -2.32. The lowest BCUT2D eigenvalue weighted by molar-refractivity contribution is -0.135. The van der Waals surface area contributed by atoms with E-state index < -0.39 is 0 Å². The zero-order valence-corrected chi connectivity index (χ0v) is 17.4. The summed E-state index contributed by atoms with van der Waals surface area (Å²) >= 11 is 2.05. The molecule has 0 atom stereocenters. The van der Waals surface area contributed by atoms with Crippen LogP contribution in [0.25, 0.3) is 0 Å². The van der Waals surface area contributed by atoms with Gasteiger partial charge in [0.15, 0.2) is 0 Å². The molecule has 1 aromatic rings. The van der Waals surface area contributed by atoms with E-state index in [0.29, 0.717) is 19.1 Å². The molecule has 3 fully saturated rings. The number of amides is 1. The smallest absolute Gasteiger partial charge is 0.222 e. The number of piperidine rings is 1. The Morgan fingerprint density at radius 3 is 2.52 bits per heavy atom. The quantitative estimate of drug-likeness (QED) is 0.728. The summed E-state index contributed by atoms with van der Waals surface area (Å²) in [5.74, 6) is 1.90. The van der Waals surface area contributed by atoms with E-state index in [1.807, 2.05) is 4.90 Å². The van der Waals surface area contributed by atoms with E-state index in [0.717, 1.165) is 44.3 Å². The van der Waals surface area contributed by atoms with Crippen molar-refractivity contribution in [3.63, 3.8) is 0 Å². The Bertz CT molecular complexity index is 597. The van der Waals surface area contributed by atoms with Crippen molar-refractivity contribution < 1.29 is 9.53 Å². The first-order valence-electron chi connectivity index (χ1n) is 10.9. The average molecular weight is 391 g/mol. The molecule has 1 aromatic heterocycles. The number of carbonyl (C=O) groups is 1. The molecule has 2 aliphatic heterocycles. The van der Waals surface area contributed by atoms with Gasteiger partial charge in [0.1, 0.15) is 0 Å². The van der Waals surface area contributed by atoms with Crippen molar-refractivity contribution in [2.75, 3.05) is 39.4 Å². The maximum Gasteiger partial charge on any atom is 0.222 e. The molecule has 2 saturated heterocycles. The summed E-state index contributed by atoms with van der Waals surface area (Å²) in [7, 11) is 0. The van der Waals surface area contributed by atoms with Crippen molar-refractivity contribution in [1.29, 1.82) is 0 Å². The van der Waals surface area contributed by atoms with Crippen molar-refractivity contribution in [3.8, 4) is 0 Å². The van der Waals surface area contributed by atoms with Gasteiger partial charge in [-0.1, -0.05) is 12.8 Å². The molecule has 0 N–H and O–H groups in total. The molecule has 0 bridgehead atoms. The van der Waals surface area contributed by atoms with E-state index in [9.17, 15) is 4.79 Å². The van der Waals surface area contributed by atoms with E-state index in [1.54, 1.807) is 4.88 Å². The molecular formula is C22H34N2O2S. The minimum absolute atomic E-state index is 0.332. The molecule has 0 unspecified atom stereocenters. The minimum Gasteiger partial charge on any atom is -0.378 e. The van der Waals surface area contributed by atoms with Crippen LogP contribution >= 0.6 is 11.3 Å². The van der Waals surface area contributed by atoms with Gasteiger partial charge in [0.25, 0.3) is 0 Å². The van der Waals surface area contributed by atoms with Gasteiger partial charge in [0.05, 0.1) is 13.2 Å². The molecule has 27 heavy (non-hydrogen) atoms. The van der Waals surface area contributed by atoms with Crippen molar-refractivity contribution in [1.82, 2.24) is 9.80 Å². The SMILES string of the molecule is O=C(CCC1CCN(Cc2ccc(C3CCCC3)s2)CC1)N1CCOCC1. The van der Waals surface area contributed by atoms with Gasteiger partial charge in [-0.2, -0.15) is 0 Å². The lowest BCUT2D eigenvalue weighted by Crippen LogP contribution is -2.41. The molecule has 0 spiro atoms. The Hall–Kier alpha value is -0.910. The van der Waals surface area contributed by atoms with Crippen LogP contribution in [0.5, 0.6) is 0 Å². The van der Waals surface area contributed by atoms with Crippen LogP contribution in [0.4, 0.5) is 0 Å². The van der Waals surface area contributed by atoms with Gasteiger partial charge < -0.3 is 9.64 Å². The Kier molecular flexibility index (Phi) is 6.85. The number of rotatable bonds is 6. The van der Waals surface area contributed by atoms with Crippen molar-refractivity contribution in [3.05, 3.63) is 21.9 Å². The van der Waals surface area contributed by atoms with Gasteiger partial charge in [-0.15, -0.1) is 11.3 Å². The summed E-state index contributed by atoms with van der Waals surface area (Å²) in [6, 6.07) is 4.76. The molecule has 0 aromatic carbocycles. The molecule has 1 saturated carbocycles. The summed E-state index contributed by atoms with van der Waals surface area (Å²) < 4.78 is 5.34. The highest BCUT2D eigenvalue weighted by Crippen LogP contribution is 2.38. The van der Waals surface area contributed by atoms with Gasteiger partial charge in [0.2, 0.25) is 5.91 Å². The zero-order valence-electron chi connectivity index (χ0n) is 16.5. The lowest BCUT2D eigenvalue weighted by atomic mass is 9.92. The molecule has 1 amide bonds. The largest absolute Gasteiger partial charge is 0.378 e. The predicted molar refractivity (Wildman–Crippen MR) is 110 cm³/mol. The van der Waals surface area contributed by atoms with Crippen LogP contribution in [0.3, 0.4) is 0 Å². The molecule has 4 nitrogen and oxygen atoms in total. The minimum atomic E-state index is 0.332. The fraction of sp³-hybridized carbons (Fsp3) is 0.773. The van der Waals surface area contributed by atoms with Gasteiger partial charge in [-0.3, -0.25) is 9.69 Å². The number of ether oxygens (including phenoxy) is 1. The summed E-state index contributed by atoms with van der Waals surface area (Å²) in [5.41, 5.74) is 0. The van der Waals surface area contributed by atoms with Crippen LogP contribution in [0.15, 0.2) is 12.1 Å². The third kappa shape index (κ3) is 5.33. The Balaban J connectivity index is 1.16. The molecule has 0 radical (unpaired) electrons. The van der Waals surface area contributed by atoms with Crippen LogP contribution in [-0.4, -0.2) is 55.1 Å². The van der Waals surface area contributed by atoms with E-state index >= 15 is 0 Å². The standard InChI is InChI=1S/C22H34N2O2S/c25-22(24-13-15-26-16-14-24)8-5-18-9-11-23(12-10-18)17-20-6-7-21(27-20)19-3-1-2-4-19/h6-7,18-19H,1-5,8-17H2. The van der Waals surface area contributed by atoms with Crippen LogP contribution in [0.2, 0.25) is 0 Å². The van der Waals surface area contributed by atoms with Gasteiger partial charge in [-0.05, 0) is 69.2 Å². The van der Waals surface area contributed by atoms with Crippen molar-refractivity contribution >= 4 is 17.2 Å². The Morgan fingerprint density at radius 1 is 1.04 bits per heavy atom. The maximum absolute atomic E-state index is 12.3. The van der Waals surface area contributed by atoms with Crippen LogP contribution in [-0.2, 0) is 16.1 Å². The number of morpholine rings is 1. The van der Waals surface area contributed by atoms with Crippen LogP contribution < -0.4 is 0 Å².